The fourth-order valence-electron chi connectivity index (χ4n) is 1.65. The summed E-state index contributed by atoms with van der Waals surface area (Å²) in [5, 5.41) is 0. The summed E-state index contributed by atoms with van der Waals surface area (Å²) in [7, 11) is 0. The number of halogens is 1. The van der Waals surface area contributed by atoms with Crippen LogP contribution in [0.15, 0.2) is 24.5 Å². The molecular formula is C13H14FN3O2. The van der Waals surface area contributed by atoms with Gasteiger partial charge in [-0.1, -0.05) is 6.07 Å². The lowest BCUT2D eigenvalue weighted by atomic mass is 10.2. The van der Waals surface area contributed by atoms with Gasteiger partial charge in [0, 0.05) is 0 Å². The van der Waals surface area contributed by atoms with Gasteiger partial charge >= 0.3 is 5.97 Å². The fourth-order valence-corrected chi connectivity index (χ4v) is 1.65. The SMILES string of the molecule is CCOC(=O)c1ncn(-c2ccc(C)c(F)c2)c1N. The predicted octanol–water partition coefficient (Wildman–Crippen LogP) is 2.08. The van der Waals surface area contributed by atoms with Crippen molar-refractivity contribution in [2.45, 2.75) is 13.8 Å². The van der Waals surface area contributed by atoms with Crippen molar-refractivity contribution < 1.29 is 13.9 Å². The van der Waals surface area contributed by atoms with Crippen LogP contribution >= 0.6 is 0 Å². The molecule has 6 heteroatoms. The molecule has 19 heavy (non-hydrogen) atoms. The Morgan fingerprint density at radius 2 is 2.26 bits per heavy atom. The average molecular weight is 263 g/mol. The lowest BCUT2D eigenvalue weighted by Gasteiger charge is -2.06. The first kappa shape index (κ1) is 13.1. The van der Waals surface area contributed by atoms with Gasteiger partial charge in [-0.3, -0.25) is 4.57 Å². The molecule has 0 aliphatic rings. The van der Waals surface area contributed by atoms with Crippen molar-refractivity contribution in [1.82, 2.24) is 9.55 Å². The number of imidazole rings is 1. The number of hydrogen-bond donors (Lipinski definition) is 1. The summed E-state index contributed by atoms with van der Waals surface area (Å²) in [5.74, 6) is -0.809. The maximum Gasteiger partial charge on any atom is 0.360 e. The number of nitrogens with zero attached hydrogens (tertiary/aromatic N) is 2. The lowest BCUT2D eigenvalue weighted by Crippen LogP contribution is -2.09. The van der Waals surface area contributed by atoms with Crippen LogP contribution in [-0.4, -0.2) is 22.1 Å². The number of nitrogen functional groups attached to an aromatic ring is 1. The summed E-state index contributed by atoms with van der Waals surface area (Å²) < 4.78 is 19.8. The quantitative estimate of drug-likeness (QED) is 0.861. The number of carbonyl (C=O) groups is 1. The molecule has 0 aliphatic heterocycles. The summed E-state index contributed by atoms with van der Waals surface area (Å²) in [6.45, 7) is 3.60. The standard InChI is InChI=1S/C13H14FN3O2/c1-3-19-13(18)11-12(15)17(7-16-11)9-5-4-8(2)10(14)6-9/h4-7H,3,15H2,1-2H3. The highest BCUT2D eigenvalue weighted by molar-refractivity contribution is 5.92. The van der Waals surface area contributed by atoms with E-state index in [-0.39, 0.29) is 23.9 Å². The van der Waals surface area contributed by atoms with Crippen LogP contribution in [0, 0.1) is 12.7 Å². The molecule has 1 heterocycles. The number of anilines is 1. The molecule has 1 aromatic carbocycles. The van der Waals surface area contributed by atoms with Crippen molar-refractivity contribution in [3.8, 4) is 5.69 Å². The average Bonchev–Trinajstić information content (AvgIpc) is 2.75. The summed E-state index contributed by atoms with van der Waals surface area (Å²) >= 11 is 0. The molecule has 0 radical (unpaired) electrons. The molecule has 0 bridgehead atoms. The molecule has 2 rings (SSSR count). The number of nitrogens with two attached hydrogens (primary N) is 1. The third-order valence-electron chi connectivity index (χ3n) is 2.71. The van der Waals surface area contributed by atoms with Crippen LogP contribution < -0.4 is 5.73 Å². The summed E-state index contributed by atoms with van der Waals surface area (Å²) in [5.41, 5.74) is 6.90. The molecule has 0 unspecified atom stereocenters. The van der Waals surface area contributed by atoms with Crippen molar-refractivity contribution in [2.75, 3.05) is 12.3 Å². The maximum absolute atomic E-state index is 13.5. The van der Waals surface area contributed by atoms with E-state index in [1.165, 1.54) is 17.0 Å². The van der Waals surface area contributed by atoms with Crippen LogP contribution in [0.3, 0.4) is 0 Å². The number of aryl methyl sites for hydroxylation is 1. The molecule has 2 aromatic rings. The van der Waals surface area contributed by atoms with E-state index in [1.807, 2.05) is 0 Å². The van der Waals surface area contributed by atoms with Gasteiger partial charge in [-0.15, -0.1) is 0 Å². The predicted molar refractivity (Wildman–Crippen MR) is 68.6 cm³/mol. The Morgan fingerprint density at radius 3 is 2.89 bits per heavy atom. The highest BCUT2D eigenvalue weighted by Gasteiger charge is 2.17. The van der Waals surface area contributed by atoms with Crippen LogP contribution in [0.1, 0.15) is 23.0 Å². The number of carbonyl (C=O) groups excluding carboxylic acids is 1. The third-order valence-corrected chi connectivity index (χ3v) is 2.71. The summed E-state index contributed by atoms with van der Waals surface area (Å²) in [6.07, 6.45) is 1.37. The first-order valence-electron chi connectivity index (χ1n) is 5.81. The van der Waals surface area contributed by atoms with Gasteiger partial charge in [-0.2, -0.15) is 0 Å². The lowest BCUT2D eigenvalue weighted by molar-refractivity contribution is 0.0521. The van der Waals surface area contributed by atoms with Crippen LogP contribution in [0.25, 0.3) is 5.69 Å². The summed E-state index contributed by atoms with van der Waals surface area (Å²) in [6, 6.07) is 4.67. The van der Waals surface area contributed by atoms with Gasteiger partial charge in [-0.05, 0) is 31.5 Å². The molecule has 1 aromatic heterocycles. The topological polar surface area (TPSA) is 70.1 Å². The highest BCUT2D eigenvalue weighted by Crippen LogP contribution is 2.19. The van der Waals surface area contributed by atoms with Crippen molar-refractivity contribution >= 4 is 11.8 Å². The monoisotopic (exact) mass is 263 g/mol. The van der Waals surface area contributed by atoms with Gasteiger partial charge in [0.2, 0.25) is 0 Å². The second kappa shape index (κ2) is 5.09. The van der Waals surface area contributed by atoms with Gasteiger partial charge in [0.25, 0.3) is 0 Å². The molecule has 0 spiro atoms. The van der Waals surface area contributed by atoms with Crippen molar-refractivity contribution in [3.63, 3.8) is 0 Å². The van der Waals surface area contributed by atoms with E-state index in [0.717, 1.165) is 0 Å². The molecule has 5 nitrogen and oxygen atoms in total. The minimum Gasteiger partial charge on any atom is -0.461 e. The second-order valence-corrected chi connectivity index (χ2v) is 4.00. The van der Waals surface area contributed by atoms with Gasteiger partial charge in [0.1, 0.15) is 18.0 Å². The van der Waals surface area contributed by atoms with E-state index in [9.17, 15) is 9.18 Å². The van der Waals surface area contributed by atoms with E-state index >= 15 is 0 Å². The van der Waals surface area contributed by atoms with E-state index < -0.39 is 5.97 Å². The molecule has 100 valence electrons. The molecule has 0 saturated heterocycles. The Morgan fingerprint density at radius 1 is 1.53 bits per heavy atom. The summed E-state index contributed by atoms with van der Waals surface area (Å²) in [4.78, 5) is 15.5. The van der Waals surface area contributed by atoms with E-state index in [2.05, 4.69) is 4.98 Å². The van der Waals surface area contributed by atoms with E-state index in [4.69, 9.17) is 10.5 Å². The zero-order valence-corrected chi connectivity index (χ0v) is 10.7. The van der Waals surface area contributed by atoms with Crippen LogP contribution in [-0.2, 0) is 4.74 Å². The first-order valence-corrected chi connectivity index (χ1v) is 5.81. The number of rotatable bonds is 3. The van der Waals surface area contributed by atoms with Gasteiger partial charge in [0.05, 0.1) is 12.3 Å². The fraction of sp³-hybridized carbons (Fsp3) is 0.231. The molecule has 0 amide bonds. The number of esters is 1. The normalized spacial score (nSPS) is 10.5. The Hall–Kier alpha value is -2.37. The second-order valence-electron chi connectivity index (χ2n) is 4.00. The van der Waals surface area contributed by atoms with Crippen molar-refractivity contribution in [2.24, 2.45) is 0 Å². The number of hydrogen-bond acceptors (Lipinski definition) is 4. The molecule has 2 N–H and O–H groups in total. The number of benzene rings is 1. The number of ether oxygens (including phenoxy) is 1. The van der Waals surface area contributed by atoms with Crippen molar-refractivity contribution in [1.29, 1.82) is 0 Å². The van der Waals surface area contributed by atoms with Crippen molar-refractivity contribution in [3.05, 3.63) is 41.6 Å². The minimum absolute atomic E-state index is 0.0304. The van der Waals surface area contributed by atoms with Gasteiger partial charge in [0.15, 0.2) is 5.69 Å². The zero-order valence-electron chi connectivity index (χ0n) is 10.7. The Labute approximate surface area is 109 Å². The van der Waals surface area contributed by atoms with Crippen LogP contribution in [0.2, 0.25) is 0 Å². The number of aromatic nitrogens is 2. The van der Waals surface area contributed by atoms with Crippen LogP contribution in [0.4, 0.5) is 10.2 Å². The molecule has 0 saturated carbocycles. The van der Waals surface area contributed by atoms with Gasteiger partial charge in [-0.25, -0.2) is 14.2 Å². The Kier molecular flexibility index (Phi) is 3.50. The highest BCUT2D eigenvalue weighted by atomic mass is 19.1. The smallest absolute Gasteiger partial charge is 0.360 e. The van der Waals surface area contributed by atoms with E-state index in [1.54, 1.807) is 26.0 Å². The largest absolute Gasteiger partial charge is 0.461 e. The van der Waals surface area contributed by atoms with Gasteiger partial charge < -0.3 is 10.5 Å². The van der Waals surface area contributed by atoms with E-state index in [0.29, 0.717) is 11.3 Å². The first-order chi connectivity index (χ1) is 9.04. The van der Waals surface area contributed by atoms with Crippen LogP contribution in [0.5, 0.6) is 0 Å². The maximum atomic E-state index is 13.5. The molecular weight excluding hydrogens is 249 g/mol. The Bertz CT molecular complexity index is 622. The third kappa shape index (κ3) is 2.42. The minimum atomic E-state index is -0.591. The zero-order chi connectivity index (χ0) is 14.0. The molecule has 0 fully saturated rings. The molecule has 0 atom stereocenters. The Balaban J connectivity index is 2.41. The molecule has 0 aliphatic carbocycles.